The summed E-state index contributed by atoms with van der Waals surface area (Å²) in [5.74, 6) is 4.04. The molecule has 0 unspecified atom stereocenters. The van der Waals surface area contributed by atoms with Crippen molar-refractivity contribution in [2.75, 3.05) is 6.61 Å². The van der Waals surface area contributed by atoms with E-state index in [-0.39, 0.29) is 5.43 Å². The van der Waals surface area contributed by atoms with Gasteiger partial charge in [-0.1, -0.05) is 57.6 Å². The Bertz CT molecular complexity index is 1050. The third-order valence-corrected chi connectivity index (χ3v) is 4.96. The molecule has 1 aromatic heterocycles. The Morgan fingerprint density at radius 1 is 0.893 bits per heavy atom. The molecule has 0 N–H and O–H groups in total. The fourth-order valence-electron chi connectivity index (χ4n) is 3.35. The minimum Gasteiger partial charge on any atom is -0.494 e. The highest BCUT2D eigenvalue weighted by molar-refractivity contribution is 5.95. The minimum absolute atomic E-state index is 0.0348. The van der Waals surface area contributed by atoms with E-state index in [1.165, 1.54) is 19.3 Å². The topological polar surface area (TPSA) is 31.2 Å². The van der Waals surface area contributed by atoms with Gasteiger partial charge in [0.1, 0.15) is 5.75 Å². The third-order valence-electron chi connectivity index (χ3n) is 4.96. The molecule has 0 spiro atoms. The van der Waals surface area contributed by atoms with Crippen LogP contribution in [0.2, 0.25) is 0 Å². The van der Waals surface area contributed by atoms with E-state index in [4.69, 9.17) is 4.74 Å². The van der Waals surface area contributed by atoms with Gasteiger partial charge in [-0.15, -0.1) is 0 Å². The monoisotopic (exact) mass is 375 g/mol. The number of nitrogens with zero attached hydrogens (tertiary/aromatic N) is 1. The molecule has 2 aromatic carbocycles. The molecule has 0 aliphatic heterocycles. The zero-order chi connectivity index (χ0) is 19.8. The Balaban J connectivity index is 2.03. The molecule has 0 saturated carbocycles. The van der Waals surface area contributed by atoms with E-state index in [2.05, 4.69) is 25.8 Å². The van der Waals surface area contributed by atoms with Crippen molar-refractivity contribution < 1.29 is 4.74 Å². The van der Waals surface area contributed by atoms with E-state index in [9.17, 15) is 4.79 Å². The second-order valence-corrected chi connectivity index (χ2v) is 7.16. The number of fused-ring (bicyclic) bond motifs is 2. The summed E-state index contributed by atoms with van der Waals surface area (Å²) in [4.78, 5) is 13.1. The third kappa shape index (κ3) is 4.57. The quantitative estimate of drug-likeness (QED) is 0.270. The minimum atomic E-state index is 0.0348. The van der Waals surface area contributed by atoms with Crippen LogP contribution in [0.1, 0.15) is 58.8 Å². The molecule has 0 bridgehead atoms. The Morgan fingerprint density at radius 2 is 1.68 bits per heavy atom. The number of para-hydroxylation sites is 1. The Labute approximate surface area is 167 Å². The molecule has 0 atom stereocenters. The molecule has 0 radical (unpaired) electrons. The lowest BCUT2D eigenvalue weighted by Gasteiger charge is -2.11. The largest absolute Gasteiger partial charge is 0.494 e. The fourth-order valence-corrected chi connectivity index (χ4v) is 3.35. The lowest BCUT2D eigenvalue weighted by atomic mass is 10.1. The van der Waals surface area contributed by atoms with Crippen LogP contribution in [0, 0.1) is 12.0 Å². The fraction of sp³-hybridized carbons (Fsp3) is 0.400. The molecule has 0 amide bonds. The van der Waals surface area contributed by atoms with Gasteiger partial charge in [0.05, 0.1) is 23.0 Å². The molecule has 0 fully saturated rings. The molecule has 146 valence electrons. The summed E-state index contributed by atoms with van der Waals surface area (Å²) < 4.78 is 7.77. The van der Waals surface area contributed by atoms with Crippen LogP contribution in [-0.2, 0) is 0 Å². The maximum absolute atomic E-state index is 13.1. The van der Waals surface area contributed by atoms with Gasteiger partial charge in [0.2, 0.25) is 0 Å². The van der Waals surface area contributed by atoms with Crippen LogP contribution >= 0.6 is 0 Å². The van der Waals surface area contributed by atoms with E-state index < -0.39 is 0 Å². The van der Waals surface area contributed by atoms with Gasteiger partial charge < -0.3 is 4.74 Å². The molecular formula is C25H29NO2. The van der Waals surface area contributed by atoms with Gasteiger partial charge in [-0.2, -0.15) is 0 Å². The van der Waals surface area contributed by atoms with Crippen molar-refractivity contribution in [3.8, 4) is 17.7 Å². The van der Waals surface area contributed by atoms with Gasteiger partial charge >= 0.3 is 0 Å². The number of benzene rings is 2. The Kier molecular flexibility index (Phi) is 7.14. The first-order valence-electron chi connectivity index (χ1n) is 10.5. The smallest absolute Gasteiger partial charge is 0.197 e. The number of rotatable bonds is 8. The summed E-state index contributed by atoms with van der Waals surface area (Å²) in [6.07, 6.45) is 7.78. The maximum atomic E-state index is 13.1. The SMILES string of the molecule is CCCCCCC#Cn1c2ccccc2c(=O)c2cc(OCCCC)ccc21. The zero-order valence-corrected chi connectivity index (χ0v) is 17.0. The lowest BCUT2D eigenvalue weighted by Crippen LogP contribution is -2.09. The number of unbranched alkanes of at least 4 members (excludes halogenated alkanes) is 5. The predicted octanol–water partition coefficient (Wildman–Crippen LogP) is 6.11. The maximum Gasteiger partial charge on any atom is 0.197 e. The molecular weight excluding hydrogens is 346 g/mol. The van der Waals surface area contributed by atoms with Crippen LogP contribution in [0.25, 0.3) is 21.8 Å². The van der Waals surface area contributed by atoms with Gasteiger partial charge in [0.25, 0.3) is 0 Å². The molecule has 3 nitrogen and oxygen atoms in total. The first-order chi connectivity index (χ1) is 13.8. The van der Waals surface area contributed by atoms with Crippen LogP contribution < -0.4 is 10.2 Å². The van der Waals surface area contributed by atoms with Gasteiger partial charge in [-0.05, 0) is 43.2 Å². The van der Waals surface area contributed by atoms with E-state index in [0.717, 1.165) is 42.5 Å². The Morgan fingerprint density at radius 3 is 2.50 bits per heavy atom. The standard InChI is InChI=1S/C25H29NO2/c1-3-5-7-8-9-12-17-26-23-14-11-10-13-21(23)25(27)22-19-20(15-16-24(22)26)28-18-6-4-2/h10-11,13-16,19H,3-9,18H2,1-2H3. The predicted molar refractivity (Wildman–Crippen MR) is 118 cm³/mol. The number of ether oxygens (including phenoxy) is 1. The first-order valence-corrected chi connectivity index (χ1v) is 10.5. The highest BCUT2D eigenvalue weighted by atomic mass is 16.5. The summed E-state index contributed by atoms with van der Waals surface area (Å²) in [5, 5.41) is 1.36. The molecule has 0 aliphatic carbocycles. The van der Waals surface area contributed by atoms with Crippen LogP contribution in [0.3, 0.4) is 0 Å². The van der Waals surface area contributed by atoms with E-state index >= 15 is 0 Å². The summed E-state index contributed by atoms with van der Waals surface area (Å²) in [7, 11) is 0. The average Bonchev–Trinajstić information content (AvgIpc) is 2.73. The first kappa shape index (κ1) is 20.0. The molecule has 3 heteroatoms. The highest BCUT2D eigenvalue weighted by Crippen LogP contribution is 2.23. The molecule has 3 aromatic rings. The van der Waals surface area contributed by atoms with Crippen molar-refractivity contribution in [3.05, 3.63) is 52.7 Å². The second-order valence-electron chi connectivity index (χ2n) is 7.16. The van der Waals surface area contributed by atoms with Gasteiger partial charge in [-0.3, -0.25) is 9.36 Å². The van der Waals surface area contributed by atoms with Crippen molar-refractivity contribution in [1.29, 1.82) is 0 Å². The molecule has 1 heterocycles. The number of aromatic nitrogens is 1. The van der Waals surface area contributed by atoms with Crippen molar-refractivity contribution >= 4 is 21.8 Å². The number of hydrogen-bond donors (Lipinski definition) is 0. The Hall–Kier alpha value is -2.73. The summed E-state index contributed by atoms with van der Waals surface area (Å²) in [5.41, 5.74) is 1.74. The van der Waals surface area contributed by atoms with E-state index in [1.54, 1.807) is 0 Å². The number of pyridine rings is 1. The molecule has 0 saturated heterocycles. The van der Waals surface area contributed by atoms with E-state index in [1.807, 2.05) is 47.0 Å². The lowest BCUT2D eigenvalue weighted by molar-refractivity contribution is 0.310. The molecule has 3 rings (SSSR count). The average molecular weight is 376 g/mol. The van der Waals surface area contributed by atoms with Gasteiger partial charge in [0.15, 0.2) is 5.43 Å². The molecule has 0 aliphatic rings. The van der Waals surface area contributed by atoms with Crippen molar-refractivity contribution in [3.63, 3.8) is 0 Å². The van der Waals surface area contributed by atoms with Crippen LogP contribution in [-0.4, -0.2) is 11.2 Å². The number of hydrogen-bond acceptors (Lipinski definition) is 2. The van der Waals surface area contributed by atoms with Crippen molar-refractivity contribution in [1.82, 2.24) is 4.57 Å². The van der Waals surface area contributed by atoms with Crippen LogP contribution in [0.15, 0.2) is 47.3 Å². The normalized spacial score (nSPS) is 10.8. The van der Waals surface area contributed by atoms with Gasteiger partial charge in [-0.25, -0.2) is 0 Å². The molecule has 28 heavy (non-hydrogen) atoms. The summed E-state index contributed by atoms with van der Waals surface area (Å²) in [6.45, 7) is 5.02. The van der Waals surface area contributed by atoms with Crippen molar-refractivity contribution in [2.24, 2.45) is 0 Å². The van der Waals surface area contributed by atoms with Crippen molar-refractivity contribution in [2.45, 2.75) is 58.8 Å². The highest BCUT2D eigenvalue weighted by Gasteiger charge is 2.10. The summed E-state index contributed by atoms with van der Waals surface area (Å²) >= 11 is 0. The summed E-state index contributed by atoms with van der Waals surface area (Å²) in [6, 6.07) is 16.7. The van der Waals surface area contributed by atoms with Crippen LogP contribution in [0.5, 0.6) is 5.75 Å². The van der Waals surface area contributed by atoms with E-state index in [0.29, 0.717) is 17.4 Å². The van der Waals surface area contributed by atoms with Gasteiger partial charge in [0, 0.05) is 17.9 Å². The second kappa shape index (κ2) is 9.99. The zero-order valence-electron chi connectivity index (χ0n) is 17.0. The van der Waals surface area contributed by atoms with Crippen LogP contribution in [0.4, 0.5) is 0 Å².